The fourth-order valence-corrected chi connectivity index (χ4v) is 2.46. The molecular weight excluding hydrogens is 252 g/mol. The van der Waals surface area contributed by atoms with Crippen molar-refractivity contribution in [1.82, 2.24) is 15.1 Å². The van der Waals surface area contributed by atoms with E-state index in [9.17, 15) is 4.79 Å². The normalized spacial score (nSPS) is 20.2. The highest BCUT2D eigenvalue weighted by Crippen LogP contribution is 2.21. The Morgan fingerprint density at radius 1 is 1.61 bits per heavy atom. The first-order chi connectivity index (χ1) is 8.63. The summed E-state index contributed by atoms with van der Waals surface area (Å²) in [5.74, 6) is 0. The molecule has 0 saturated carbocycles. The van der Waals surface area contributed by atoms with Gasteiger partial charge in [-0.1, -0.05) is 18.5 Å². The Labute approximate surface area is 112 Å². The van der Waals surface area contributed by atoms with E-state index in [0.717, 1.165) is 31.7 Å². The number of aromatic nitrogens is 2. The van der Waals surface area contributed by atoms with E-state index < -0.39 is 0 Å². The summed E-state index contributed by atoms with van der Waals surface area (Å²) in [7, 11) is 0. The van der Waals surface area contributed by atoms with Crippen LogP contribution in [0.25, 0.3) is 0 Å². The van der Waals surface area contributed by atoms with E-state index in [4.69, 9.17) is 11.6 Å². The molecule has 1 aromatic rings. The molecule has 100 valence electrons. The van der Waals surface area contributed by atoms with Gasteiger partial charge < -0.3 is 10.2 Å². The van der Waals surface area contributed by atoms with Crippen LogP contribution >= 0.6 is 11.6 Å². The van der Waals surface area contributed by atoms with E-state index in [0.29, 0.717) is 12.6 Å². The number of rotatable bonds is 3. The SMILES string of the molecule is CCCn1ncc(N2CCNC(C)C2)c(Cl)c1=O. The third-order valence-electron chi connectivity index (χ3n) is 3.11. The standard InChI is InChI=1S/C12H19ClN4O/c1-3-5-17-12(18)11(13)10(7-15-17)16-6-4-14-9(2)8-16/h7,9,14H,3-6,8H2,1-2H3. The first kappa shape index (κ1) is 13.4. The Balaban J connectivity index is 2.29. The Morgan fingerprint density at radius 2 is 2.39 bits per heavy atom. The van der Waals surface area contributed by atoms with Crippen LogP contribution in [-0.4, -0.2) is 35.5 Å². The quantitative estimate of drug-likeness (QED) is 0.894. The predicted molar refractivity (Wildman–Crippen MR) is 73.5 cm³/mol. The molecule has 5 nitrogen and oxygen atoms in total. The highest BCUT2D eigenvalue weighted by atomic mass is 35.5. The van der Waals surface area contributed by atoms with Gasteiger partial charge in [-0.05, 0) is 13.3 Å². The van der Waals surface area contributed by atoms with E-state index in [1.807, 2.05) is 6.92 Å². The molecule has 1 aliphatic heterocycles. The van der Waals surface area contributed by atoms with Gasteiger partial charge in [-0.25, -0.2) is 4.68 Å². The molecule has 1 aromatic heterocycles. The molecular formula is C12H19ClN4O. The third-order valence-corrected chi connectivity index (χ3v) is 3.47. The molecule has 6 heteroatoms. The highest BCUT2D eigenvalue weighted by molar-refractivity contribution is 6.33. The van der Waals surface area contributed by atoms with Gasteiger partial charge in [0.05, 0.1) is 11.9 Å². The van der Waals surface area contributed by atoms with Crippen LogP contribution in [0.3, 0.4) is 0 Å². The maximum atomic E-state index is 12.0. The lowest BCUT2D eigenvalue weighted by Crippen LogP contribution is -2.49. The molecule has 0 bridgehead atoms. The summed E-state index contributed by atoms with van der Waals surface area (Å²) >= 11 is 6.18. The zero-order valence-corrected chi connectivity index (χ0v) is 11.6. The van der Waals surface area contributed by atoms with Crippen molar-refractivity contribution in [3.05, 3.63) is 21.6 Å². The topological polar surface area (TPSA) is 50.2 Å². The summed E-state index contributed by atoms with van der Waals surface area (Å²) in [4.78, 5) is 14.1. The Morgan fingerprint density at radius 3 is 3.06 bits per heavy atom. The molecule has 1 N–H and O–H groups in total. The van der Waals surface area contributed by atoms with E-state index in [2.05, 4.69) is 22.2 Å². The lowest BCUT2D eigenvalue weighted by atomic mass is 10.2. The average Bonchev–Trinajstić information content (AvgIpc) is 2.35. The van der Waals surface area contributed by atoms with Gasteiger partial charge in [-0.15, -0.1) is 0 Å². The molecule has 1 aliphatic rings. The number of hydrogen-bond donors (Lipinski definition) is 1. The van der Waals surface area contributed by atoms with Crippen LogP contribution in [0.5, 0.6) is 0 Å². The Hall–Kier alpha value is -1.07. The number of anilines is 1. The van der Waals surface area contributed by atoms with Gasteiger partial charge >= 0.3 is 0 Å². The van der Waals surface area contributed by atoms with Crippen molar-refractivity contribution in [2.24, 2.45) is 0 Å². The molecule has 1 fully saturated rings. The van der Waals surface area contributed by atoms with Gasteiger partial charge in [0.15, 0.2) is 0 Å². The molecule has 1 atom stereocenters. The lowest BCUT2D eigenvalue weighted by molar-refractivity contribution is 0.482. The van der Waals surface area contributed by atoms with Gasteiger partial charge in [0.1, 0.15) is 5.02 Å². The second-order valence-corrected chi connectivity index (χ2v) is 5.05. The minimum absolute atomic E-state index is 0.192. The molecule has 0 aliphatic carbocycles. The smallest absolute Gasteiger partial charge is 0.287 e. The number of aryl methyl sites for hydroxylation is 1. The molecule has 0 aromatic carbocycles. The van der Waals surface area contributed by atoms with E-state index in [1.165, 1.54) is 4.68 Å². The number of halogens is 1. The number of piperazine rings is 1. The molecule has 0 amide bonds. The van der Waals surface area contributed by atoms with Crippen molar-refractivity contribution in [3.8, 4) is 0 Å². The number of nitrogens with zero attached hydrogens (tertiary/aromatic N) is 3. The second-order valence-electron chi connectivity index (χ2n) is 4.67. The monoisotopic (exact) mass is 270 g/mol. The summed E-state index contributed by atoms with van der Waals surface area (Å²) in [5.41, 5.74) is 0.560. The minimum atomic E-state index is -0.192. The van der Waals surface area contributed by atoms with Crippen LogP contribution in [-0.2, 0) is 6.54 Å². The van der Waals surface area contributed by atoms with Crippen LogP contribution in [0.4, 0.5) is 5.69 Å². The molecule has 0 radical (unpaired) electrons. The average molecular weight is 271 g/mol. The summed E-state index contributed by atoms with van der Waals surface area (Å²) < 4.78 is 1.43. The summed E-state index contributed by atoms with van der Waals surface area (Å²) in [6.07, 6.45) is 2.57. The van der Waals surface area contributed by atoms with Gasteiger partial charge in [-0.2, -0.15) is 5.10 Å². The van der Waals surface area contributed by atoms with Crippen LogP contribution in [0, 0.1) is 0 Å². The third kappa shape index (κ3) is 2.67. The van der Waals surface area contributed by atoms with Gasteiger partial charge in [0, 0.05) is 32.2 Å². The molecule has 0 spiro atoms. The van der Waals surface area contributed by atoms with Crippen LogP contribution < -0.4 is 15.8 Å². The van der Waals surface area contributed by atoms with Gasteiger partial charge in [-0.3, -0.25) is 4.79 Å². The largest absolute Gasteiger partial charge is 0.366 e. The number of hydrogen-bond acceptors (Lipinski definition) is 4. The molecule has 2 heterocycles. The van der Waals surface area contributed by atoms with E-state index in [1.54, 1.807) is 6.20 Å². The summed E-state index contributed by atoms with van der Waals surface area (Å²) in [6.45, 7) is 7.33. The molecule has 2 rings (SSSR count). The minimum Gasteiger partial charge on any atom is -0.366 e. The zero-order valence-electron chi connectivity index (χ0n) is 10.8. The Kier molecular flexibility index (Phi) is 4.24. The van der Waals surface area contributed by atoms with Crippen molar-refractivity contribution < 1.29 is 0 Å². The van der Waals surface area contributed by atoms with Crippen LogP contribution in [0.15, 0.2) is 11.0 Å². The molecule has 1 unspecified atom stereocenters. The van der Waals surface area contributed by atoms with Crippen LogP contribution in [0.1, 0.15) is 20.3 Å². The van der Waals surface area contributed by atoms with Crippen LogP contribution in [0.2, 0.25) is 5.02 Å². The summed E-state index contributed by atoms with van der Waals surface area (Å²) in [6, 6.07) is 0.396. The maximum Gasteiger partial charge on any atom is 0.287 e. The summed E-state index contributed by atoms with van der Waals surface area (Å²) in [5, 5.41) is 7.83. The molecule has 1 saturated heterocycles. The van der Waals surface area contributed by atoms with Crippen molar-refractivity contribution in [1.29, 1.82) is 0 Å². The van der Waals surface area contributed by atoms with Crippen molar-refractivity contribution in [3.63, 3.8) is 0 Å². The fraction of sp³-hybridized carbons (Fsp3) is 0.667. The first-order valence-electron chi connectivity index (χ1n) is 6.37. The van der Waals surface area contributed by atoms with E-state index >= 15 is 0 Å². The van der Waals surface area contributed by atoms with Crippen molar-refractivity contribution in [2.75, 3.05) is 24.5 Å². The fourth-order valence-electron chi connectivity index (χ4n) is 2.20. The maximum absolute atomic E-state index is 12.0. The van der Waals surface area contributed by atoms with E-state index in [-0.39, 0.29) is 10.6 Å². The highest BCUT2D eigenvalue weighted by Gasteiger charge is 2.20. The zero-order chi connectivity index (χ0) is 13.1. The van der Waals surface area contributed by atoms with Gasteiger partial charge in [0.2, 0.25) is 0 Å². The lowest BCUT2D eigenvalue weighted by Gasteiger charge is -2.33. The second kappa shape index (κ2) is 5.71. The van der Waals surface area contributed by atoms with Crippen molar-refractivity contribution >= 4 is 17.3 Å². The Bertz CT molecular complexity index is 474. The van der Waals surface area contributed by atoms with Gasteiger partial charge in [0.25, 0.3) is 5.56 Å². The molecule has 18 heavy (non-hydrogen) atoms. The van der Waals surface area contributed by atoms with Crippen molar-refractivity contribution in [2.45, 2.75) is 32.9 Å². The predicted octanol–water partition coefficient (Wildman–Crippen LogP) is 1.10. The number of nitrogens with one attached hydrogen (secondary N) is 1. The first-order valence-corrected chi connectivity index (χ1v) is 6.75.